The fourth-order valence-corrected chi connectivity index (χ4v) is 3.05. The molecule has 0 aliphatic heterocycles. The smallest absolute Gasteiger partial charge is 0.338 e. The molecular formula is C14H11NO3S. The normalized spacial score (nSPS) is 16.3. The minimum atomic E-state index is -1.02. The van der Waals surface area contributed by atoms with Gasteiger partial charge in [0.15, 0.2) is 0 Å². The SMILES string of the molecule is O=C(O)c1ccsc1NC(=O)C1Cc2ccccc21. The fourth-order valence-electron chi connectivity index (χ4n) is 2.27. The van der Waals surface area contributed by atoms with Gasteiger partial charge >= 0.3 is 5.97 Å². The Balaban J connectivity index is 1.77. The Hall–Kier alpha value is -2.14. The lowest BCUT2D eigenvalue weighted by Crippen LogP contribution is -2.30. The molecule has 3 rings (SSSR count). The number of hydrogen-bond acceptors (Lipinski definition) is 3. The number of nitrogens with one attached hydrogen (secondary N) is 1. The summed E-state index contributed by atoms with van der Waals surface area (Å²) >= 11 is 1.23. The van der Waals surface area contributed by atoms with Crippen LogP contribution in [0, 0.1) is 0 Å². The predicted molar refractivity (Wildman–Crippen MR) is 72.8 cm³/mol. The lowest BCUT2D eigenvalue weighted by molar-refractivity contribution is -0.118. The van der Waals surface area contributed by atoms with E-state index in [0.717, 1.165) is 12.0 Å². The molecule has 0 fully saturated rings. The molecule has 1 aliphatic rings. The predicted octanol–water partition coefficient (Wildman–Crippen LogP) is 2.72. The van der Waals surface area contributed by atoms with Crippen molar-refractivity contribution in [1.82, 2.24) is 0 Å². The molecule has 1 unspecified atom stereocenters. The number of anilines is 1. The van der Waals surface area contributed by atoms with E-state index in [2.05, 4.69) is 5.32 Å². The van der Waals surface area contributed by atoms with E-state index in [1.54, 1.807) is 5.38 Å². The van der Waals surface area contributed by atoms with Crippen LogP contribution < -0.4 is 5.32 Å². The van der Waals surface area contributed by atoms with Gasteiger partial charge in [0.1, 0.15) is 5.00 Å². The van der Waals surface area contributed by atoms with E-state index in [1.165, 1.54) is 23.0 Å². The summed E-state index contributed by atoms with van der Waals surface area (Å²) in [6.07, 6.45) is 0.718. The van der Waals surface area contributed by atoms with E-state index < -0.39 is 5.97 Å². The molecule has 5 heteroatoms. The van der Waals surface area contributed by atoms with E-state index in [9.17, 15) is 9.59 Å². The van der Waals surface area contributed by atoms with Crippen LogP contribution in [0.3, 0.4) is 0 Å². The van der Waals surface area contributed by atoms with Crippen molar-refractivity contribution in [3.8, 4) is 0 Å². The average molecular weight is 273 g/mol. The number of aromatic carboxylic acids is 1. The minimum Gasteiger partial charge on any atom is -0.478 e. The van der Waals surface area contributed by atoms with Crippen LogP contribution in [-0.2, 0) is 11.2 Å². The highest BCUT2D eigenvalue weighted by molar-refractivity contribution is 7.14. The molecule has 1 heterocycles. The van der Waals surface area contributed by atoms with Gasteiger partial charge in [0, 0.05) is 0 Å². The minimum absolute atomic E-state index is 0.136. The molecule has 1 aromatic heterocycles. The summed E-state index contributed by atoms with van der Waals surface area (Å²) in [5.74, 6) is -1.32. The van der Waals surface area contributed by atoms with Crippen LogP contribution in [0.15, 0.2) is 35.7 Å². The Labute approximate surface area is 113 Å². The van der Waals surface area contributed by atoms with Gasteiger partial charge in [0.2, 0.25) is 5.91 Å². The van der Waals surface area contributed by atoms with Gasteiger partial charge in [-0.05, 0) is 29.0 Å². The first-order valence-corrected chi connectivity index (χ1v) is 6.74. The number of carbonyl (C=O) groups is 2. The van der Waals surface area contributed by atoms with Crippen LogP contribution in [0.25, 0.3) is 0 Å². The zero-order valence-electron chi connectivity index (χ0n) is 9.92. The Bertz CT molecular complexity index is 662. The highest BCUT2D eigenvalue weighted by Gasteiger charge is 2.32. The van der Waals surface area contributed by atoms with E-state index >= 15 is 0 Å². The molecular weight excluding hydrogens is 262 g/mol. The molecule has 1 amide bonds. The Morgan fingerprint density at radius 3 is 2.79 bits per heavy atom. The van der Waals surface area contributed by atoms with E-state index in [-0.39, 0.29) is 17.4 Å². The first-order chi connectivity index (χ1) is 9.16. The van der Waals surface area contributed by atoms with Crippen LogP contribution in [0.1, 0.15) is 27.4 Å². The van der Waals surface area contributed by atoms with Gasteiger partial charge in [-0.25, -0.2) is 4.79 Å². The van der Waals surface area contributed by atoms with Gasteiger partial charge in [0.05, 0.1) is 11.5 Å². The van der Waals surface area contributed by atoms with Crippen molar-refractivity contribution in [3.63, 3.8) is 0 Å². The highest BCUT2D eigenvalue weighted by atomic mass is 32.1. The molecule has 1 atom stereocenters. The molecule has 0 spiro atoms. The number of hydrogen-bond donors (Lipinski definition) is 2. The van der Waals surface area contributed by atoms with Crippen LogP contribution in [0.2, 0.25) is 0 Å². The maximum Gasteiger partial charge on any atom is 0.338 e. The fraction of sp³-hybridized carbons (Fsp3) is 0.143. The first kappa shape index (κ1) is 11.9. The number of fused-ring (bicyclic) bond motifs is 1. The van der Waals surface area contributed by atoms with E-state index in [0.29, 0.717) is 5.00 Å². The Kier molecular flexibility index (Phi) is 2.83. The van der Waals surface area contributed by atoms with E-state index in [1.807, 2.05) is 24.3 Å². The van der Waals surface area contributed by atoms with Gasteiger partial charge in [-0.1, -0.05) is 24.3 Å². The number of amides is 1. The summed E-state index contributed by atoms with van der Waals surface area (Å²) in [7, 11) is 0. The molecule has 19 heavy (non-hydrogen) atoms. The van der Waals surface area contributed by atoms with Crippen molar-refractivity contribution < 1.29 is 14.7 Å². The average Bonchev–Trinajstić information content (AvgIpc) is 2.79. The maximum atomic E-state index is 12.1. The van der Waals surface area contributed by atoms with Gasteiger partial charge in [-0.2, -0.15) is 0 Å². The first-order valence-electron chi connectivity index (χ1n) is 5.86. The molecule has 4 nitrogen and oxygen atoms in total. The molecule has 1 aliphatic carbocycles. The number of carbonyl (C=O) groups excluding carboxylic acids is 1. The van der Waals surface area contributed by atoms with Crippen LogP contribution in [0.4, 0.5) is 5.00 Å². The summed E-state index contributed by atoms with van der Waals surface area (Å²) in [6, 6.07) is 9.31. The molecule has 0 saturated carbocycles. The van der Waals surface area contributed by atoms with Crippen molar-refractivity contribution in [3.05, 3.63) is 52.4 Å². The zero-order chi connectivity index (χ0) is 13.4. The third-order valence-corrected chi connectivity index (χ3v) is 4.13. The van der Waals surface area contributed by atoms with Gasteiger partial charge in [0.25, 0.3) is 0 Å². The topological polar surface area (TPSA) is 66.4 Å². The number of carboxylic acid groups (broad SMARTS) is 1. The Morgan fingerprint density at radius 1 is 1.26 bits per heavy atom. The summed E-state index contributed by atoms with van der Waals surface area (Å²) in [4.78, 5) is 23.1. The second-order valence-corrected chi connectivity index (χ2v) is 5.33. The standard InChI is InChI=1S/C14H11NO3S/c16-12(11-7-8-3-1-2-4-9(8)11)15-13-10(14(17)18)5-6-19-13/h1-6,11H,7H2,(H,15,16)(H,17,18). The van der Waals surface area contributed by atoms with Crippen LogP contribution in [0.5, 0.6) is 0 Å². The highest BCUT2D eigenvalue weighted by Crippen LogP contribution is 2.36. The maximum absolute atomic E-state index is 12.1. The summed E-state index contributed by atoms with van der Waals surface area (Å²) in [6.45, 7) is 0. The van der Waals surface area contributed by atoms with Crippen molar-refractivity contribution >= 4 is 28.2 Å². The second kappa shape index (κ2) is 4.51. The molecule has 2 N–H and O–H groups in total. The Morgan fingerprint density at radius 2 is 2.05 bits per heavy atom. The lowest BCUT2D eigenvalue weighted by Gasteiger charge is -2.28. The van der Waals surface area contributed by atoms with Gasteiger partial charge < -0.3 is 10.4 Å². The lowest BCUT2D eigenvalue weighted by atomic mass is 9.77. The molecule has 0 saturated heterocycles. The molecule has 0 radical (unpaired) electrons. The largest absolute Gasteiger partial charge is 0.478 e. The number of rotatable bonds is 3. The van der Waals surface area contributed by atoms with Crippen LogP contribution in [-0.4, -0.2) is 17.0 Å². The molecule has 2 aromatic rings. The van der Waals surface area contributed by atoms with Crippen molar-refractivity contribution in [1.29, 1.82) is 0 Å². The molecule has 0 bridgehead atoms. The summed E-state index contributed by atoms with van der Waals surface area (Å²) in [5, 5.41) is 13.8. The quantitative estimate of drug-likeness (QED) is 0.903. The van der Waals surface area contributed by atoms with Crippen molar-refractivity contribution in [2.75, 3.05) is 5.32 Å². The molecule has 96 valence electrons. The number of benzene rings is 1. The monoisotopic (exact) mass is 273 g/mol. The number of carboxylic acids is 1. The van der Waals surface area contributed by atoms with Gasteiger partial charge in [-0.15, -0.1) is 11.3 Å². The van der Waals surface area contributed by atoms with Crippen molar-refractivity contribution in [2.24, 2.45) is 0 Å². The molecule has 1 aromatic carbocycles. The van der Waals surface area contributed by atoms with Gasteiger partial charge in [-0.3, -0.25) is 4.79 Å². The summed E-state index contributed by atoms with van der Waals surface area (Å²) < 4.78 is 0. The third-order valence-electron chi connectivity index (χ3n) is 3.30. The van der Waals surface area contributed by atoms with Crippen molar-refractivity contribution in [2.45, 2.75) is 12.3 Å². The zero-order valence-corrected chi connectivity index (χ0v) is 10.7. The van der Waals surface area contributed by atoms with E-state index in [4.69, 9.17) is 5.11 Å². The summed E-state index contributed by atoms with van der Waals surface area (Å²) in [5.41, 5.74) is 2.37. The van der Waals surface area contributed by atoms with Crippen LogP contribution >= 0.6 is 11.3 Å². The second-order valence-electron chi connectivity index (χ2n) is 4.41. The third kappa shape index (κ3) is 2.02. The number of thiophene rings is 1.